The Bertz CT molecular complexity index is 1070. The molecule has 2 amide bonds. The van der Waals surface area contributed by atoms with Crippen LogP contribution < -0.4 is 5.32 Å². The molecule has 0 aliphatic carbocycles. The van der Waals surface area contributed by atoms with Gasteiger partial charge in [-0.2, -0.15) is 0 Å². The van der Waals surface area contributed by atoms with E-state index in [2.05, 4.69) is 23.5 Å². The van der Waals surface area contributed by atoms with Crippen LogP contribution in [0.3, 0.4) is 0 Å². The highest BCUT2D eigenvalue weighted by molar-refractivity contribution is 7.20. The fraction of sp³-hybridized carbons (Fsp3) is 0.238. The molecule has 0 bridgehead atoms. The molecule has 2 aliphatic heterocycles. The van der Waals surface area contributed by atoms with Crippen molar-refractivity contribution >= 4 is 44.8 Å². The van der Waals surface area contributed by atoms with Gasteiger partial charge in [0.05, 0.1) is 10.4 Å². The van der Waals surface area contributed by atoms with Crippen LogP contribution >= 0.6 is 22.9 Å². The zero-order valence-corrected chi connectivity index (χ0v) is 16.1. The van der Waals surface area contributed by atoms with Gasteiger partial charge in [0.1, 0.15) is 0 Å². The number of amides is 2. The topological polar surface area (TPSA) is 49.4 Å². The molecule has 5 rings (SSSR count). The van der Waals surface area contributed by atoms with Gasteiger partial charge in [-0.05, 0) is 47.2 Å². The molecule has 136 valence electrons. The molecule has 2 aromatic carbocycles. The molecule has 1 N–H and O–H groups in total. The molecule has 2 fully saturated rings. The van der Waals surface area contributed by atoms with E-state index in [-0.39, 0.29) is 17.4 Å². The SMILES string of the molecule is O=C1CCC2(CN(C(=O)c3cc4ccc(-c5ccc(Cl)cc5)cc4s3)C2)N1. The maximum atomic E-state index is 12.8. The van der Waals surface area contributed by atoms with Gasteiger partial charge in [0.2, 0.25) is 5.91 Å². The Morgan fingerprint density at radius 3 is 2.52 bits per heavy atom. The number of rotatable bonds is 2. The van der Waals surface area contributed by atoms with Crippen molar-refractivity contribution in [1.29, 1.82) is 0 Å². The summed E-state index contributed by atoms with van der Waals surface area (Å²) in [4.78, 5) is 26.9. The van der Waals surface area contributed by atoms with Gasteiger partial charge in [-0.15, -0.1) is 11.3 Å². The Morgan fingerprint density at radius 2 is 1.81 bits per heavy atom. The van der Waals surface area contributed by atoms with Gasteiger partial charge >= 0.3 is 0 Å². The van der Waals surface area contributed by atoms with Gasteiger partial charge in [0, 0.05) is 29.2 Å². The lowest BCUT2D eigenvalue weighted by Gasteiger charge is -2.47. The molecule has 2 saturated heterocycles. The van der Waals surface area contributed by atoms with Crippen LogP contribution in [0.25, 0.3) is 21.2 Å². The minimum Gasteiger partial charge on any atom is -0.347 e. The first kappa shape index (κ1) is 16.8. The largest absolute Gasteiger partial charge is 0.347 e. The van der Waals surface area contributed by atoms with E-state index in [1.165, 1.54) is 11.3 Å². The van der Waals surface area contributed by atoms with E-state index in [1.54, 1.807) is 0 Å². The number of likely N-dealkylation sites (tertiary alicyclic amines) is 1. The fourth-order valence-corrected chi connectivity index (χ4v) is 5.15. The monoisotopic (exact) mass is 396 g/mol. The number of fused-ring (bicyclic) bond motifs is 1. The second kappa shape index (κ2) is 6.08. The van der Waals surface area contributed by atoms with Gasteiger partial charge < -0.3 is 10.2 Å². The van der Waals surface area contributed by atoms with Crippen LogP contribution in [0.4, 0.5) is 0 Å². The maximum Gasteiger partial charge on any atom is 0.264 e. The highest BCUT2D eigenvalue weighted by atomic mass is 35.5. The summed E-state index contributed by atoms with van der Waals surface area (Å²) in [6.45, 7) is 1.23. The van der Waals surface area contributed by atoms with E-state index in [0.29, 0.717) is 19.5 Å². The first-order valence-electron chi connectivity index (χ1n) is 8.91. The highest BCUT2D eigenvalue weighted by Crippen LogP contribution is 2.35. The molecule has 0 unspecified atom stereocenters. The minimum absolute atomic E-state index is 0.0519. The van der Waals surface area contributed by atoms with Crippen molar-refractivity contribution in [3.63, 3.8) is 0 Å². The first-order valence-corrected chi connectivity index (χ1v) is 10.1. The third-order valence-corrected chi connectivity index (χ3v) is 6.76. The summed E-state index contributed by atoms with van der Waals surface area (Å²) in [6, 6.07) is 16.0. The van der Waals surface area contributed by atoms with Crippen molar-refractivity contribution in [1.82, 2.24) is 10.2 Å². The Kier molecular flexibility index (Phi) is 3.78. The second-order valence-corrected chi connectivity index (χ2v) is 8.88. The van der Waals surface area contributed by atoms with E-state index in [1.807, 2.05) is 35.2 Å². The lowest BCUT2D eigenvalue weighted by atomic mass is 9.88. The Morgan fingerprint density at radius 1 is 1.07 bits per heavy atom. The standard InChI is InChI=1S/C21H17ClN2O2S/c22-16-5-3-13(4-6-16)14-1-2-15-10-18(27-17(15)9-14)20(26)24-11-21(12-24)8-7-19(25)23-21/h1-6,9-10H,7-8,11-12H2,(H,23,25). The van der Waals surface area contributed by atoms with E-state index < -0.39 is 0 Å². The summed E-state index contributed by atoms with van der Waals surface area (Å²) >= 11 is 7.49. The first-order chi connectivity index (χ1) is 13.0. The summed E-state index contributed by atoms with van der Waals surface area (Å²) < 4.78 is 1.09. The zero-order chi connectivity index (χ0) is 18.6. The molecular weight excluding hydrogens is 380 g/mol. The van der Waals surface area contributed by atoms with E-state index in [4.69, 9.17) is 11.6 Å². The number of carbonyl (C=O) groups excluding carboxylic acids is 2. The summed E-state index contributed by atoms with van der Waals surface area (Å²) in [5.74, 6) is 0.148. The number of hydrogen-bond donors (Lipinski definition) is 1. The lowest BCUT2D eigenvalue weighted by Crippen LogP contribution is -2.68. The molecule has 1 aromatic heterocycles. The molecule has 4 nitrogen and oxygen atoms in total. The van der Waals surface area contributed by atoms with Crippen LogP contribution in [0.1, 0.15) is 22.5 Å². The second-order valence-electron chi connectivity index (χ2n) is 7.36. The molecule has 27 heavy (non-hydrogen) atoms. The molecule has 1 spiro atoms. The van der Waals surface area contributed by atoms with Crippen molar-refractivity contribution in [2.75, 3.05) is 13.1 Å². The molecule has 0 radical (unpaired) electrons. The number of thiophene rings is 1. The molecule has 6 heteroatoms. The smallest absolute Gasteiger partial charge is 0.264 e. The number of carbonyl (C=O) groups is 2. The molecule has 0 saturated carbocycles. The molecule has 3 heterocycles. The number of halogens is 1. The summed E-state index contributed by atoms with van der Waals surface area (Å²) in [6.07, 6.45) is 1.39. The normalized spacial score (nSPS) is 18.0. The predicted octanol–water partition coefficient (Wildman–Crippen LogP) is 4.33. The van der Waals surface area contributed by atoms with Gasteiger partial charge in [-0.25, -0.2) is 0 Å². The van der Waals surface area contributed by atoms with Crippen LogP contribution in [0, 0.1) is 0 Å². The molecule has 3 aromatic rings. The third kappa shape index (κ3) is 2.91. The maximum absolute atomic E-state index is 12.8. The number of nitrogens with zero attached hydrogens (tertiary/aromatic N) is 1. The summed E-state index contributed by atoms with van der Waals surface area (Å²) in [5, 5.41) is 4.81. The predicted molar refractivity (Wildman–Crippen MR) is 108 cm³/mol. The average molecular weight is 397 g/mol. The van der Waals surface area contributed by atoms with E-state index >= 15 is 0 Å². The quantitative estimate of drug-likeness (QED) is 0.701. The van der Waals surface area contributed by atoms with Crippen molar-refractivity contribution in [3.05, 3.63) is 58.4 Å². The molecule has 0 atom stereocenters. The van der Waals surface area contributed by atoms with Crippen LogP contribution in [-0.2, 0) is 4.79 Å². The minimum atomic E-state index is -0.175. The van der Waals surface area contributed by atoms with E-state index in [0.717, 1.165) is 37.5 Å². The Balaban J connectivity index is 1.38. The van der Waals surface area contributed by atoms with Crippen molar-refractivity contribution < 1.29 is 9.59 Å². The lowest BCUT2D eigenvalue weighted by molar-refractivity contribution is -0.120. The van der Waals surface area contributed by atoms with Crippen LogP contribution in [-0.4, -0.2) is 35.3 Å². The summed E-state index contributed by atoms with van der Waals surface area (Å²) in [5.41, 5.74) is 2.03. The van der Waals surface area contributed by atoms with Gasteiger partial charge in [0.15, 0.2) is 0 Å². The molecule has 2 aliphatic rings. The highest BCUT2D eigenvalue weighted by Gasteiger charge is 2.49. The van der Waals surface area contributed by atoms with Gasteiger partial charge in [0.25, 0.3) is 5.91 Å². The number of hydrogen-bond acceptors (Lipinski definition) is 3. The van der Waals surface area contributed by atoms with Crippen molar-refractivity contribution in [2.45, 2.75) is 18.4 Å². The van der Waals surface area contributed by atoms with Crippen LogP contribution in [0.15, 0.2) is 48.5 Å². The number of benzene rings is 2. The van der Waals surface area contributed by atoms with Gasteiger partial charge in [-0.3, -0.25) is 9.59 Å². The average Bonchev–Trinajstić information content (AvgIpc) is 3.23. The van der Waals surface area contributed by atoms with E-state index in [9.17, 15) is 9.59 Å². The Labute approximate surface area is 165 Å². The Hall–Kier alpha value is -2.37. The summed E-state index contributed by atoms with van der Waals surface area (Å²) in [7, 11) is 0. The van der Waals surface area contributed by atoms with Crippen molar-refractivity contribution in [3.8, 4) is 11.1 Å². The van der Waals surface area contributed by atoms with Crippen LogP contribution in [0.2, 0.25) is 5.02 Å². The van der Waals surface area contributed by atoms with Crippen LogP contribution in [0.5, 0.6) is 0 Å². The zero-order valence-electron chi connectivity index (χ0n) is 14.5. The molecular formula is C21H17ClN2O2S. The third-order valence-electron chi connectivity index (χ3n) is 5.42. The van der Waals surface area contributed by atoms with Gasteiger partial charge in [-0.1, -0.05) is 35.9 Å². The van der Waals surface area contributed by atoms with Crippen molar-refractivity contribution in [2.24, 2.45) is 0 Å². The fourth-order valence-electron chi connectivity index (χ4n) is 3.95. The number of nitrogens with one attached hydrogen (secondary N) is 1.